The number of phenols is 1. The highest BCUT2D eigenvalue weighted by Gasteiger charge is 2.15. The topological polar surface area (TPSA) is 127 Å². The monoisotopic (exact) mass is 524 g/mol. The number of aryl methyl sites for hydroxylation is 1. The molecule has 0 saturated carbocycles. The number of fused-ring (bicyclic) bond motifs is 1. The van der Waals surface area contributed by atoms with Gasteiger partial charge in [-0.2, -0.15) is 9.78 Å². The van der Waals surface area contributed by atoms with Crippen LogP contribution in [0.4, 0.5) is 5.95 Å². The van der Waals surface area contributed by atoms with Crippen molar-refractivity contribution in [3.8, 4) is 22.9 Å². The van der Waals surface area contributed by atoms with Gasteiger partial charge in [0, 0.05) is 19.2 Å². The average molecular weight is 525 g/mol. The van der Waals surface area contributed by atoms with Crippen molar-refractivity contribution in [3.05, 3.63) is 97.2 Å². The second kappa shape index (κ2) is 9.40. The molecule has 3 N–H and O–H groups in total. The lowest BCUT2D eigenvalue weighted by Gasteiger charge is -2.14. The van der Waals surface area contributed by atoms with Gasteiger partial charge in [0.15, 0.2) is 5.75 Å². The van der Waals surface area contributed by atoms with Crippen molar-refractivity contribution in [1.82, 2.24) is 24.3 Å². The molecule has 0 unspecified atom stereocenters. The average Bonchev–Trinajstić information content (AvgIpc) is 3.17. The largest absolute Gasteiger partial charge is 0.508 e. The number of anilines is 1. The molecule has 0 aliphatic rings. The molecule has 5 rings (SSSR count). The number of nitrogens with zero attached hydrogens (tertiary/aromatic N) is 4. The van der Waals surface area contributed by atoms with Crippen LogP contribution >= 0.6 is 23.2 Å². The molecule has 0 radical (unpaired) electrons. The van der Waals surface area contributed by atoms with Gasteiger partial charge in [-0.25, -0.2) is 9.78 Å². The first-order valence-electron chi connectivity index (χ1n) is 10.6. The van der Waals surface area contributed by atoms with Gasteiger partial charge in [0.05, 0.1) is 26.8 Å². The summed E-state index contributed by atoms with van der Waals surface area (Å²) in [4.78, 5) is 30.0. The molecular weight excluding hydrogens is 507 g/mol. The highest BCUT2D eigenvalue weighted by molar-refractivity contribution is 6.37. The smallest absolute Gasteiger partial charge is 0.349 e. The number of nitrogens with one attached hydrogen (secondary N) is 2. The maximum absolute atomic E-state index is 12.0. The molecule has 2 aromatic heterocycles. The minimum absolute atomic E-state index is 0.0738. The fourth-order valence-corrected chi connectivity index (χ4v) is 4.22. The predicted molar refractivity (Wildman–Crippen MR) is 137 cm³/mol. The zero-order valence-electron chi connectivity index (χ0n) is 18.7. The van der Waals surface area contributed by atoms with Crippen molar-refractivity contribution < 1.29 is 9.84 Å². The van der Waals surface area contributed by atoms with Crippen molar-refractivity contribution in [1.29, 1.82) is 0 Å². The lowest BCUT2D eigenvalue weighted by Crippen LogP contribution is -2.30. The molecule has 0 fully saturated rings. The summed E-state index contributed by atoms with van der Waals surface area (Å²) in [6.45, 7) is 0.279. The summed E-state index contributed by atoms with van der Waals surface area (Å²) in [5.41, 5.74) is 1.29. The van der Waals surface area contributed by atoms with Gasteiger partial charge in [-0.05, 0) is 42.5 Å². The van der Waals surface area contributed by atoms with Gasteiger partial charge < -0.3 is 19.7 Å². The van der Waals surface area contributed by atoms with Gasteiger partial charge in [0.2, 0.25) is 5.95 Å². The standard InChI is InChI=1S/C24H18Cl2N6O4/c1-31-19-5-3-2-4-18(19)29-23(31)27-11-13-8-15(6-7-20(13)33)36-22-16(25)9-14(10-17(22)26)32-24(35)30-21(34)12-28-32/h2-10,12,33H,11H2,1H3,(H,27,29)(H,30,34,35). The number of hydrogen-bond acceptors (Lipinski definition) is 7. The van der Waals surface area contributed by atoms with Crippen molar-refractivity contribution in [2.45, 2.75) is 6.54 Å². The molecule has 5 aromatic rings. The molecule has 10 nitrogen and oxygen atoms in total. The highest BCUT2D eigenvalue weighted by atomic mass is 35.5. The quantitative estimate of drug-likeness (QED) is 0.303. The van der Waals surface area contributed by atoms with Crippen LogP contribution in [0.5, 0.6) is 17.2 Å². The molecular formula is C24H18Cl2N6O4. The van der Waals surface area contributed by atoms with E-state index in [1.807, 2.05) is 35.9 Å². The Morgan fingerprint density at radius 2 is 1.83 bits per heavy atom. The van der Waals surface area contributed by atoms with Crippen LogP contribution in [0.2, 0.25) is 10.0 Å². The summed E-state index contributed by atoms with van der Waals surface area (Å²) in [5, 5.41) is 17.6. The Morgan fingerprint density at radius 1 is 1.08 bits per heavy atom. The first-order valence-corrected chi connectivity index (χ1v) is 11.4. The molecule has 3 aromatic carbocycles. The normalized spacial score (nSPS) is 11.1. The van der Waals surface area contributed by atoms with Gasteiger partial charge in [-0.15, -0.1) is 0 Å². The minimum atomic E-state index is -0.736. The number of benzene rings is 3. The Bertz CT molecular complexity index is 1700. The maximum Gasteiger partial charge on any atom is 0.349 e. The maximum atomic E-state index is 12.0. The molecule has 0 atom stereocenters. The van der Waals surface area contributed by atoms with Crippen molar-refractivity contribution >= 4 is 40.2 Å². The zero-order chi connectivity index (χ0) is 25.4. The van der Waals surface area contributed by atoms with Gasteiger partial charge in [-0.1, -0.05) is 35.3 Å². The number of para-hydroxylation sites is 2. The molecule has 36 heavy (non-hydrogen) atoms. The van der Waals surface area contributed by atoms with E-state index in [4.69, 9.17) is 27.9 Å². The molecule has 0 saturated heterocycles. The predicted octanol–water partition coefficient (Wildman–Crippen LogP) is 4.22. The SMILES string of the molecule is Cn1c(NCc2cc(Oc3c(Cl)cc(-n4ncc(=O)[nH]c4=O)cc3Cl)ccc2O)nc2ccccc21. The lowest BCUT2D eigenvalue weighted by atomic mass is 10.2. The van der Waals surface area contributed by atoms with Crippen LogP contribution in [-0.2, 0) is 13.6 Å². The molecule has 182 valence electrons. The third-order valence-corrected chi connectivity index (χ3v) is 6.00. The zero-order valence-corrected chi connectivity index (χ0v) is 20.2. The Morgan fingerprint density at radius 3 is 2.56 bits per heavy atom. The Balaban J connectivity index is 1.39. The fraction of sp³-hybridized carbons (Fsp3) is 0.0833. The number of H-pyrrole nitrogens is 1. The molecule has 12 heteroatoms. The first kappa shape index (κ1) is 23.5. The van der Waals surface area contributed by atoms with E-state index in [0.717, 1.165) is 21.9 Å². The number of aromatic nitrogens is 5. The van der Waals surface area contributed by atoms with E-state index in [-0.39, 0.29) is 33.8 Å². The van der Waals surface area contributed by atoms with Gasteiger partial charge in [0.1, 0.15) is 17.7 Å². The fourth-order valence-electron chi connectivity index (χ4n) is 3.67. The lowest BCUT2D eigenvalue weighted by molar-refractivity contribution is 0.458. The number of rotatable bonds is 6. The summed E-state index contributed by atoms with van der Waals surface area (Å²) in [7, 11) is 1.90. The van der Waals surface area contributed by atoms with Gasteiger partial charge in [0.25, 0.3) is 5.56 Å². The molecule has 0 spiro atoms. The van der Waals surface area contributed by atoms with Crippen molar-refractivity contribution in [3.63, 3.8) is 0 Å². The molecule has 0 aliphatic carbocycles. The van der Waals surface area contributed by atoms with E-state index in [0.29, 0.717) is 17.3 Å². The van der Waals surface area contributed by atoms with Crippen LogP contribution < -0.4 is 21.3 Å². The Labute approximate surface area is 213 Å². The van der Waals surface area contributed by atoms with Crippen LogP contribution in [0.25, 0.3) is 16.7 Å². The highest BCUT2D eigenvalue weighted by Crippen LogP contribution is 2.39. The molecule has 0 aliphatic heterocycles. The number of phenolic OH excluding ortho intramolecular Hbond substituents is 1. The van der Waals surface area contributed by atoms with E-state index in [2.05, 4.69) is 20.4 Å². The number of aromatic hydroxyl groups is 1. The molecule has 0 amide bonds. The van der Waals surface area contributed by atoms with Gasteiger partial charge >= 0.3 is 5.69 Å². The summed E-state index contributed by atoms with van der Waals surface area (Å²) < 4.78 is 8.79. The Hall–Kier alpha value is -4.28. The van der Waals surface area contributed by atoms with Crippen molar-refractivity contribution in [2.24, 2.45) is 7.05 Å². The third-order valence-electron chi connectivity index (χ3n) is 5.44. The molecule has 0 bridgehead atoms. The molecule has 2 heterocycles. The number of ether oxygens (including phenoxy) is 1. The van der Waals surface area contributed by atoms with Crippen LogP contribution in [-0.4, -0.2) is 29.4 Å². The van der Waals surface area contributed by atoms with E-state index in [1.54, 1.807) is 12.1 Å². The second-order valence-electron chi connectivity index (χ2n) is 7.82. The number of imidazole rings is 1. The number of hydrogen-bond donors (Lipinski definition) is 3. The van der Waals surface area contributed by atoms with Crippen LogP contribution in [0, 0.1) is 0 Å². The second-order valence-corrected chi connectivity index (χ2v) is 8.63. The third kappa shape index (κ3) is 4.51. The summed E-state index contributed by atoms with van der Waals surface area (Å²) >= 11 is 12.8. The summed E-state index contributed by atoms with van der Waals surface area (Å²) in [6.07, 6.45) is 0.965. The minimum Gasteiger partial charge on any atom is -0.508 e. The van der Waals surface area contributed by atoms with E-state index in [9.17, 15) is 14.7 Å². The summed E-state index contributed by atoms with van der Waals surface area (Å²) in [6, 6.07) is 15.4. The van der Waals surface area contributed by atoms with Crippen molar-refractivity contribution in [2.75, 3.05) is 5.32 Å². The first-order chi connectivity index (χ1) is 17.3. The number of aromatic amines is 1. The van der Waals surface area contributed by atoms with E-state index >= 15 is 0 Å². The van der Waals surface area contributed by atoms with Gasteiger partial charge in [-0.3, -0.25) is 9.78 Å². The van der Waals surface area contributed by atoms with Crippen LogP contribution in [0.1, 0.15) is 5.56 Å². The van der Waals surface area contributed by atoms with E-state index in [1.165, 1.54) is 18.2 Å². The Kier molecular flexibility index (Phi) is 6.13. The van der Waals surface area contributed by atoms with E-state index < -0.39 is 11.2 Å². The number of halogens is 2. The van der Waals surface area contributed by atoms with Crippen LogP contribution in [0.3, 0.4) is 0 Å². The van der Waals surface area contributed by atoms with Crippen LogP contribution in [0.15, 0.2) is 70.4 Å². The summed E-state index contributed by atoms with van der Waals surface area (Å²) in [5.74, 6) is 1.25.